The van der Waals surface area contributed by atoms with Crippen molar-refractivity contribution < 1.29 is 8.42 Å². The Morgan fingerprint density at radius 2 is 1.76 bits per heavy atom. The Bertz CT molecular complexity index is 566. The van der Waals surface area contributed by atoms with Crippen molar-refractivity contribution in [2.45, 2.75) is 31.7 Å². The summed E-state index contributed by atoms with van der Waals surface area (Å²) < 4.78 is 26.2. The third-order valence-electron chi connectivity index (χ3n) is 3.30. The van der Waals surface area contributed by atoms with Crippen LogP contribution in [0.2, 0.25) is 0 Å². The molecule has 0 spiro atoms. The van der Waals surface area contributed by atoms with Crippen LogP contribution in [0.5, 0.6) is 0 Å². The van der Waals surface area contributed by atoms with Crippen LogP contribution < -0.4 is 10.6 Å². The van der Waals surface area contributed by atoms with E-state index in [2.05, 4.69) is 10.6 Å². The van der Waals surface area contributed by atoms with E-state index in [1.807, 2.05) is 32.9 Å². The molecule has 0 aromatic heterocycles. The first kappa shape index (κ1) is 17.9. The number of benzene rings is 1. The molecule has 0 aliphatic rings. The number of nitrogens with zero attached hydrogens (tertiary/aromatic N) is 1. The zero-order valence-corrected chi connectivity index (χ0v) is 14.5. The first-order valence-electron chi connectivity index (χ1n) is 6.95. The number of rotatable bonds is 6. The molecule has 0 fully saturated rings. The zero-order chi connectivity index (χ0) is 16.0. The fourth-order valence-corrected chi connectivity index (χ4v) is 3.63. The van der Waals surface area contributed by atoms with Crippen LogP contribution in [0.4, 0.5) is 0 Å². The third kappa shape index (κ3) is 4.39. The molecule has 0 amide bonds. The van der Waals surface area contributed by atoms with Gasteiger partial charge in [0.15, 0.2) is 5.11 Å². The molecule has 1 rings (SSSR count). The van der Waals surface area contributed by atoms with Gasteiger partial charge in [-0.1, -0.05) is 26.0 Å². The van der Waals surface area contributed by atoms with Crippen LogP contribution in [0.15, 0.2) is 29.2 Å². The number of hydrogen-bond donors (Lipinski definition) is 2. The molecular weight excluding hydrogens is 306 g/mol. The van der Waals surface area contributed by atoms with Gasteiger partial charge in [-0.05, 0) is 36.8 Å². The molecule has 0 unspecified atom stereocenters. The van der Waals surface area contributed by atoms with Crippen molar-refractivity contribution in [3.63, 3.8) is 0 Å². The minimum absolute atomic E-state index is 0.00941. The molecule has 21 heavy (non-hydrogen) atoms. The normalized spacial score (nSPS) is 13.0. The molecule has 0 saturated carbocycles. The molecule has 0 radical (unpaired) electrons. The van der Waals surface area contributed by atoms with Gasteiger partial charge in [0, 0.05) is 20.1 Å². The molecule has 0 saturated heterocycles. The summed E-state index contributed by atoms with van der Waals surface area (Å²) in [5.41, 5.74) is 0.978. The van der Waals surface area contributed by atoms with E-state index in [1.54, 1.807) is 19.2 Å². The fraction of sp³-hybridized carbons (Fsp3) is 0.500. The van der Waals surface area contributed by atoms with Gasteiger partial charge in [0.2, 0.25) is 10.0 Å². The van der Waals surface area contributed by atoms with E-state index in [1.165, 1.54) is 4.31 Å². The highest BCUT2D eigenvalue weighted by Gasteiger charge is 2.21. The summed E-state index contributed by atoms with van der Waals surface area (Å²) in [5, 5.41) is 6.52. The molecule has 1 aromatic rings. The van der Waals surface area contributed by atoms with E-state index in [4.69, 9.17) is 12.2 Å². The van der Waals surface area contributed by atoms with Crippen LogP contribution in [-0.4, -0.2) is 38.0 Å². The maximum Gasteiger partial charge on any atom is 0.243 e. The topological polar surface area (TPSA) is 61.4 Å². The van der Waals surface area contributed by atoms with Gasteiger partial charge < -0.3 is 10.6 Å². The van der Waals surface area contributed by atoms with Gasteiger partial charge in [-0.3, -0.25) is 0 Å². The van der Waals surface area contributed by atoms with Crippen LogP contribution >= 0.6 is 12.2 Å². The Labute approximate surface area is 132 Å². The van der Waals surface area contributed by atoms with E-state index < -0.39 is 10.0 Å². The SMILES string of the molecule is CCN(CC)S(=O)(=O)c1ccc([C@H](C)NC(=S)NC)cc1. The Morgan fingerprint density at radius 1 is 1.24 bits per heavy atom. The van der Waals surface area contributed by atoms with Crippen LogP contribution in [0, 0.1) is 0 Å². The van der Waals surface area contributed by atoms with Gasteiger partial charge in [-0.2, -0.15) is 4.31 Å². The minimum Gasteiger partial charge on any atom is -0.366 e. The van der Waals surface area contributed by atoms with Gasteiger partial charge >= 0.3 is 0 Å². The summed E-state index contributed by atoms with van der Waals surface area (Å²) in [4.78, 5) is 0.318. The number of hydrogen-bond acceptors (Lipinski definition) is 3. The van der Waals surface area contributed by atoms with Gasteiger partial charge in [-0.25, -0.2) is 8.42 Å². The van der Waals surface area contributed by atoms with Crippen molar-refractivity contribution in [2.24, 2.45) is 0 Å². The standard InChI is InChI=1S/C14H23N3O2S2/c1-5-17(6-2)21(18,19)13-9-7-12(8-10-13)11(3)16-14(20)15-4/h7-11H,5-6H2,1-4H3,(H2,15,16,20)/t11-/m0/s1. The lowest BCUT2D eigenvalue weighted by atomic mass is 10.1. The first-order chi connectivity index (χ1) is 9.86. The second-order valence-corrected chi connectivity index (χ2v) is 6.95. The Balaban J connectivity index is 2.94. The maximum absolute atomic E-state index is 12.4. The Hall–Kier alpha value is -1.18. The third-order valence-corrected chi connectivity index (χ3v) is 5.68. The Kier molecular flexibility index (Phi) is 6.57. The molecule has 7 heteroatoms. The smallest absolute Gasteiger partial charge is 0.243 e. The minimum atomic E-state index is -3.40. The fourth-order valence-electron chi connectivity index (χ4n) is 1.99. The molecule has 1 atom stereocenters. The average molecular weight is 329 g/mol. The van der Waals surface area contributed by atoms with Crippen LogP contribution in [-0.2, 0) is 10.0 Å². The Morgan fingerprint density at radius 3 is 2.19 bits per heavy atom. The molecule has 0 aliphatic carbocycles. The monoisotopic (exact) mass is 329 g/mol. The van der Waals surface area contributed by atoms with Crippen molar-refractivity contribution in [1.29, 1.82) is 0 Å². The summed E-state index contributed by atoms with van der Waals surface area (Å²) in [6, 6.07) is 6.92. The summed E-state index contributed by atoms with van der Waals surface area (Å²) >= 11 is 5.06. The summed E-state index contributed by atoms with van der Waals surface area (Å²) in [6.45, 7) is 6.57. The van der Waals surface area contributed by atoms with Crippen molar-refractivity contribution in [3.05, 3.63) is 29.8 Å². The lowest BCUT2D eigenvalue weighted by molar-refractivity contribution is 0.445. The molecule has 1 aromatic carbocycles. The lowest BCUT2D eigenvalue weighted by Gasteiger charge is -2.19. The van der Waals surface area contributed by atoms with Gasteiger partial charge in [0.05, 0.1) is 10.9 Å². The molecule has 5 nitrogen and oxygen atoms in total. The maximum atomic E-state index is 12.4. The predicted octanol–water partition coefficient (Wildman–Crippen LogP) is 1.87. The first-order valence-corrected chi connectivity index (χ1v) is 8.80. The highest BCUT2D eigenvalue weighted by Crippen LogP contribution is 2.19. The second kappa shape index (κ2) is 7.72. The van der Waals surface area contributed by atoms with Gasteiger partial charge in [0.1, 0.15) is 0 Å². The molecule has 0 bridgehead atoms. The van der Waals surface area contributed by atoms with E-state index in [0.29, 0.717) is 23.1 Å². The highest BCUT2D eigenvalue weighted by molar-refractivity contribution is 7.89. The number of sulfonamides is 1. The molecule has 0 heterocycles. The largest absolute Gasteiger partial charge is 0.366 e. The predicted molar refractivity (Wildman–Crippen MR) is 89.8 cm³/mol. The van der Waals surface area contributed by atoms with Crippen molar-refractivity contribution >= 4 is 27.4 Å². The summed E-state index contributed by atoms with van der Waals surface area (Å²) in [7, 11) is -1.64. The molecule has 2 N–H and O–H groups in total. The highest BCUT2D eigenvalue weighted by atomic mass is 32.2. The second-order valence-electron chi connectivity index (χ2n) is 4.60. The van der Waals surface area contributed by atoms with Gasteiger partial charge in [0.25, 0.3) is 0 Å². The lowest BCUT2D eigenvalue weighted by Crippen LogP contribution is -2.34. The average Bonchev–Trinajstić information content (AvgIpc) is 2.48. The van der Waals surface area contributed by atoms with Gasteiger partial charge in [-0.15, -0.1) is 0 Å². The van der Waals surface area contributed by atoms with E-state index in [9.17, 15) is 8.42 Å². The van der Waals surface area contributed by atoms with Crippen molar-refractivity contribution in [3.8, 4) is 0 Å². The van der Waals surface area contributed by atoms with E-state index >= 15 is 0 Å². The van der Waals surface area contributed by atoms with Crippen LogP contribution in [0.25, 0.3) is 0 Å². The van der Waals surface area contributed by atoms with E-state index in [-0.39, 0.29) is 6.04 Å². The van der Waals surface area contributed by atoms with Crippen LogP contribution in [0.3, 0.4) is 0 Å². The molecule has 118 valence electrons. The zero-order valence-electron chi connectivity index (χ0n) is 12.9. The van der Waals surface area contributed by atoms with Crippen molar-refractivity contribution in [2.75, 3.05) is 20.1 Å². The van der Waals surface area contributed by atoms with Crippen molar-refractivity contribution in [1.82, 2.24) is 14.9 Å². The summed E-state index contributed by atoms with van der Waals surface area (Å²) in [5.74, 6) is 0. The summed E-state index contributed by atoms with van der Waals surface area (Å²) in [6.07, 6.45) is 0. The number of nitrogens with one attached hydrogen (secondary N) is 2. The van der Waals surface area contributed by atoms with Crippen LogP contribution in [0.1, 0.15) is 32.4 Å². The molecular formula is C14H23N3O2S2. The molecule has 0 aliphatic heterocycles. The quantitative estimate of drug-likeness (QED) is 0.780. The van der Waals surface area contributed by atoms with E-state index in [0.717, 1.165) is 5.56 Å². The number of thiocarbonyl (C=S) groups is 1.